The van der Waals surface area contributed by atoms with Crippen molar-refractivity contribution in [1.82, 2.24) is 24.5 Å². The number of hydrogen-bond acceptors (Lipinski definition) is 5. The first-order valence-electron chi connectivity index (χ1n) is 11.1. The van der Waals surface area contributed by atoms with Crippen molar-refractivity contribution in [2.75, 3.05) is 12.4 Å². The van der Waals surface area contributed by atoms with Gasteiger partial charge < -0.3 is 10.1 Å². The Morgan fingerprint density at radius 1 is 1.17 bits per heavy atom. The number of nitrogens with one attached hydrogen (secondary N) is 1. The summed E-state index contributed by atoms with van der Waals surface area (Å²) in [5, 5.41) is 12.8. The van der Waals surface area contributed by atoms with Gasteiger partial charge in [-0.1, -0.05) is 29.8 Å². The first-order chi connectivity index (χ1) is 17.4. The predicted octanol–water partition coefficient (Wildman–Crippen LogP) is 5.09. The van der Waals surface area contributed by atoms with Crippen molar-refractivity contribution in [3.05, 3.63) is 89.2 Å². The van der Waals surface area contributed by atoms with Crippen molar-refractivity contribution >= 4 is 34.2 Å². The molecule has 0 fully saturated rings. The van der Waals surface area contributed by atoms with E-state index in [1.165, 1.54) is 16.9 Å². The fourth-order valence-corrected chi connectivity index (χ4v) is 4.32. The van der Waals surface area contributed by atoms with Crippen molar-refractivity contribution in [2.45, 2.75) is 20.0 Å². The highest BCUT2D eigenvalue weighted by atomic mass is 35.5. The number of rotatable bonds is 7. The number of anilines is 1. The molecule has 3 aromatic heterocycles. The third kappa shape index (κ3) is 4.65. The third-order valence-electron chi connectivity index (χ3n) is 5.80. The zero-order valence-electron chi connectivity index (χ0n) is 19.6. The van der Waals surface area contributed by atoms with Gasteiger partial charge in [-0.3, -0.25) is 9.48 Å². The van der Waals surface area contributed by atoms with Gasteiger partial charge in [0, 0.05) is 28.4 Å². The van der Waals surface area contributed by atoms with Gasteiger partial charge in [-0.25, -0.2) is 14.1 Å². The van der Waals surface area contributed by atoms with E-state index in [9.17, 15) is 9.18 Å². The fourth-order valence-electron chi connectivity index (χ4n) is 4.10. The summed E-state index contributed by atoms with van der Waals surface area (Å²) >= 11 is 6.10. The van der Waals surface area contributed by atoms with Crippen molar-refractivity contribution in [3.8, 4) is 16.9 Å². The molecule has 182 valence electrons. The van der Waals surface area contributed by atoms with Crippen molar-refractivity contribution < 1.29 is 13.9 Å². The molecule has 0 aliphatic rings. The van der Waals surface area contributed by atoms with Crippen LogP contribution in [-0.2, 0) is 17.9 Å². The van der Waals surface area contributed by atoms with E-state index in [4.69, 9.17) is 16.3 Å². The number of nitrogens with zero attached hydrogens (tertiary/aromatic N) is 5. The number of fused-ring (bicyclic) bond motifs is 1. The van der Waals surface area contributed by atoms with Crippen molar-refractivity contribution in [3.63, 3.8) is 0 Å². The summed E-state index contributed by atoms with van der Waals surface area (Å²) in [6, 6.07) is 14.2. The summed E-state index contributed by atoms with van der Waals surface area (Å²) < 4.78 is 22.4. The number of aromatic nitrogens is 5. The molecule has 0 spiro atoms. The van der Waals surface area contributed by atoms with E-state index in [2.05, 4.69) is 20.5 Å². The van der Waals surface area contributed by atoms with Gasteiger partial charge in [-0.05, 0) is 48.4 Å². The summed E-state index contributed by atoms with van der Waals surface area (Å²) in [7, 11) is 1.63. The van der Waals surface area contributed by atoms with Gasteiger partial charge >= 0.3 is 0 Å². The fraction of sp³-hybridized carbons (Fsp3) is 0.154. The highest BCUT2D eigenvalue weighted by molar-refractivity contribution is 6.31. The van der Waals surface area contributed by atoms with Gasteiger partial charge in [0.2, 0.25) is 5.91 Å². The molecule has 8 nitrogen and oxygen atoms in total. The zero-order valence-corrected chi connectivity index (χ0v) is 20.3. The van der Waals surface area contributed by atoms with E-state index < -0.39 is 5.82 Å². The summed E-state index contributed by atoms with van der Waals surface area (Å²) in [4.78, 5) is 17.3. The number of benzene rings is 2. The second-order valence-electron chi connectivity index (χ2n) is 8.20. The Morgan fingerprint density at radius 2 is 1.97 bits per heavy atom. The average molecular weight is 505 g/mol. The molecule has 5 rings (SSSR count). The van der Waals surface area contributed by atoms with Crippen LogP contribution in [0.25, 0.3) is 22.2 Å². The topological polar surface area (TPSA) is 86.9 Å². The van der Waals surface area contributed by atoms with Crippen LogP contribution in [0, 0.1) is 12.7 Å². The van der Waals surface area contributed by atoms with Crippen LogP contribution in [0.4, 0.5) is 10.1 Å². The lowest BCUT2D eigenvalue weighted by Gasteiger charge is -2.07. The summed E-state index contributed by atoms with van der Waals surface area (Å²) in [6.45, 7) is 2.00. The van der Waals surface area contributed by atoms with E-state index in [0.717, 1.165) is 28.0 Å². The molecule has 0 unspecified atom stereocenters. The lowest BCUT2D eigenvalue weighted by atomic mass is 10.0. The Balaban J connectivity index is 1.33. The maximum atomic E-state index is 14.1. The molecular weight excluding hydrogens is 483 g/mol. The van der Waals surface area contributed by atoms with Gasteiger partial charge in [-0.2, -0.15) is 10.2 Å². The van der Waals surface area contributed by atoms with E-state index in [1.54, 1.807) is 36.3 Å². The molecule has 0 bridgehead atoms. The molecule has 0 atom stereocenters. The van der Waals surface area contributed by atoms with Crippen LogP contribution in [0.5, 0.6) is 5.75 Å². The van der Waals surface area contributed by atoms with Crippen LogP contribution in [0.2, 0.25) is 5.02 Å². The SMILES string of the molecule is COc1ccc(-c2ccnc3c2c(C)nn3CC(=O)Nc2cnn(Cc3c(F)cccc3Cl)c2)cc1. The molecule has 1 amide bonds. The Hall–Kier alpha value is -4.24. The standard InChI is InChI=1S/C26H22ClFN6O2/c1-16-25-20(17-6-8-19(36-2)9-7-17)10-11-29-26(25)34(32-16)15-24(35)31-18-12-30-33(13-18)14-21-22(27)4-3-5-23(21)28/h3-13H,14-15H2,1-2H3,(H,31,35). The monoisotopic (exact) mass is 504 g/mol. The first-order valence-corrected chi connectivity index (χ1v) is 11.5. The lowest BCUT2D eigenvalue weighted by molar-refractivity contribution is -0.116. The van der Waals surface area contributed by atoms with Crippen LogP contribution < -0.4 is 10.1 Å². The highest BCUT2D eigenvalue weighted by Gasteiger charge is 2.17. The number of carbonyl (C=O) groups is 1. The minimum absolute atomic E-state index is 0.0340. The minimum Gasteiger partial charge on any atom is -0.497 e. The predicted molar refractivity (Wildman–Crippen MR) is 136 cm³/mol. The van der Waals surface area contributed by atoms with Gasteiger partial charge in [0.15, 0.2) is 5.65 Å². The molecule has 3 heterocycles. The molecule has 5 aromatic rings. The number of methoxy groups -OCH3 is 1. The quantitative estimate of drug-likeness (QED) is 0.333. The number of carbonyl (C=O) groups excluding carboxylic acids is 1. The maximum Gasteiger partial charge on any atom is 0.246 e. The molecule has 10 heteroatoms. The minimum atomic E-state index is -0.411. The molecule has 0 saturated heterocycles. The van der Waals surface area contributed by atoms with Crippen LogP contribution in [0.1, 0.15) is 11.3 Å². The lowest BCUT2D eigenvalue weighted by Crippen LogP contribution is -2.19. The Kier molecular flexibility index (Phi) is 6.39. The number of halogens is 2. The highest BCUT2D eigenvalue weighted by Crippen LogP contribution is 2.31. The van der Waals surface area contributed by atoms with E-state index in [1.807, 2.05) is 37.3 Å². The smallest absolute Gasteiger partial charge is 0.246 e. The number of aryl methyl sites for hydroxylation is 1. The average Bonchev–Trinajstić information content (AvgIpc) is 3.45. The van der Waals surface area contributed by atoms with Crippen LogP contribution in [-0.4, -0.2) is 37.6 Å². The molecule has 0 saturated carbocycles. The summed E-state index contributed by atoms with van der Waals surface area (Å²) in [5.41, 5.74) is 4.16. The number of hydrogen-bond donors (Lipinski definition) is 1. The largest absolute Gasteiger partial charge is 0.497 e. The Labute approximate surface area is 211 Å². The molecule has 36 heavy (non-hydrogen) atoms. The van der Waals surface area contributed by atoms with E-state index >= 15 is 0 Å². The van der Waals surface area contributed by atoms with Gasteiger partial charge in [0.25, 0.3) is 0 Å². The van der Waals surface area contributed by atoms with Crippen LogP contribution in [0.15, 0.2) is 67.1 Å². The van der Waals surface area contributed by atoms with E-state index in [0.29, 0.717) is 21.9 Å². The second kappa shape index (κ2) is 9.79. The molecule has 0 aliphatic carbocycles. The Bertz CT molecular complexity index is 1540. The van der Waals surface area contributed by atoms with Gasteiger partial charge in [0.05, 0.1) is 31.2 Å². The van der Waals surface area contributed by atoms with Crippen molar-refractivity contribution in [2.24, 2.45) is 0 Å². The van der Waals surface area contributed by atoms with Crippen LogP contribution in [0.3, 0.4) is 0 Å². The van der Waals surface area contributed by atoms with E-state index in [-0.39, 0.29) is 19.0 Å². The molecule has 0 aliphatic heterocycles. The first kappa shape index (κ1) is 23.5. The summed E-state index contributed by atoms with van der Waals surface area (Å²) in [6.07, 6.45) is 4.82. The zero-order chi connectivity index (χ0) is 25.2. The molecule has 1 N–H and O–H groups in total. The molecule has 0 radical (unpaired) electrons. The van der Waals surface area contributed by atoms with Crippen molar-refractivity contribution in [1.29, 1.82) is 0 Å². The third-order valence-corrected chi connectivity index (χ3v) is 6.16. The van der Waals surface area contributed by atoms with Gasteiger partial charge in [-0.15, -0.1) is 0 Å². The molecular formula is C26H22ClFN6O2. The number of amides is 1. The second-order valence-corrected chi connectivity index (χ2v) is 8.61. The number of ether oxygens (including phenoxy) is 1. The maximum absolute atomic E-state index is 14.1. The van der Waals surface area contributed by atoms with Gasteiger partial charge in [0.1, 0.15) is 18.1 Å². The summed E-state index contributed by atoms with van der Waals surface area (Å²) in [5.74, 6) is 0.0685. The van der Waals surface area contributed by atoms with Crippen LogP contribution >= 0.6 is 11.6 Å². The molecule has 2 aromatic carbocycles. The normalized spacial score (nSPS) is 11.1. The Morgan fingerprint density at radius 3 is 2.72 bits per heavy atom. The number of pyridine rings is 1.